The Labute approximate surface area is 189 Å². The van der Waals surface area contributed by atoms with E-state index in [2.05, 4.69) is 10.2 Å². The number of unbranched alkanes of at least 4 members (excludes halogenated alkanes) is 2. The molecule has 1 aliphatic rings. The fourth-order valence-corrected chi connectivity index (χ4v) is 4.14. The molecule has 0 radical (unpaired) electrons. The standard InChI is InChI=1S/C23H33N3O4S/c1-23(2,3)30-22(28)25-12-6-4-9-15-29-21(27)18(17-24)16-19-10-11-20(31-19)26-13-7-5-8-14-26/h10-11,16H,4-9,12-15H2,1-3H3,(H,25,28)/b18-16+. The largest absolute Gasteiger partial charge is 0.462 e. The lowest BCUT2D eigenvalue weighted by atomic mass is 10.1. The van der Waals surface area contributed by atoms with Crippen LogP contribution in [-0.2, 0) is 14.3 Å². The molecule has 7 nitrogen and oxygen atoms in total. The number of nitrogens with zero attached hydrogens (tertiary/aromatic N) is 2. The molecule has 31 heavy (non-hydrogen) atoms. The fourth-order valence-electron chi connectivity index (χ4n) is 3.13. The number of piperidine rings is 1. The summed E-state index contributed by atoms with van der Waals surface area (Å²) in [6, 6.07) is 5.94. The third kappa shape index (κ3) is 9.43. The highest BCUT2D eigenvalue weighted by atomic mass is 32.1. The lowest BCUT2D eigenvalue weighted by Gasteiger charge is -2.27. The van der Waals surface area contributed by atoms with E-state index in [9.17, 15) is 14.9 Å². The van der Waals surface area contributed by atoms with Crippen LogP contribution in [0.3, 0.4) is 0 Å². The van der Waals surface area contributed by atoms with Crippen LogP contribution in [-0.4, -0.2) is 43.9 Å². The highest BCUT2D eigenvalue weighted by Gasteiger charge is 2.16. The van der Waals surface area contributed by atoms with Gasteiger partial charge in [0.05, 0.1) is 11.6 Å². The van der Waals surface area contributed by atoms with E-state index in [1.165, 1.54) is 24.3 Å². The van der Waals surface area contributed by atoms with Gasteiger partial charge in [-0.3, -0.25) is 0 Å². The molecule has 1 aromatic heterocycles. The van der Waals surface area contributed by atoms with Gasteiger partial charge in [-0.15, -0.1) is 11.3 Å². The number of carbonyl (C=O) groups is 2. The topological polar surface area (TPSA) is 91.7 Å². The number of alkyl carbamates (subject to hydrolysis) is 1. The summed E-state index contributed by atoms with van der Waals surface area (Å²) in [6.45, 7) is 8.32. The molecule has 0 aliphatic carbocycles. The summed E-state index contributed by atoms with van der Waals surface area (Å²) in [5, 5.41) is 13.2. The molecule has 1 aromatic rings. The summed E-state index contributed by atoms with van der Waals surface area (Å²) in [4.78, 5) is 27.0. The lowest BCUT2D eigenvalue weighted by molar-refractivity contribution is -0.138. The second-order valence-electron chi connectivity index (χ2n) is 8.52. The minimum atomic E-state index is -0.595. The van der Waals surface area contributed by atoms with Crippen molar-refractivity contribution in [1.29, 1.82) is 5.26 Å². The molecular weight excluding hydrogens is 414 g/mol. The molecular formula is C23H33N3O4S. The summed E-state index contributed by atoms with van der Waals surface area (Å²) >= 11 is 1.59. The van der Waals surface area contributed by atoms with Crippen molar-refractivity contribution in [2.24, 2.45) is 0 Å². The van der Waals surface area contributed by atoms with E-state index in [1.807, 2.05) is 39.0 Å². The van der Waals surface area contributed by atoms with Crippen LogP contribution in [0.1, 0.15) is 64.2 Å². The van der Waals surface area contributed by atoms with Crippen molar-refractivity contribution < 1.29 is 19.1 Å². The smallest absolute Gasteiger partial charge is 0.407 e. The number of thiophene rings is 1. The van der Waals surface area contributed by atoms with Gasteiger partial charge in [-0.1, -0.05) is 0 Å². The summed E-state index contributed by atoms with van der Waals surface area (Å²) in [5.41, 5.74) is -0.499. The maximum atomic E-state index is 12.2. The molecule has 1 aliphatic heterocycles. The fraction of sp³-hybridized carbons (Fsp3) is 0.609. The average molecular weight is 448 g/mol. The molecule has 0 unspecified atom stereocenters. The molecule has 1 fully saturated rings. The molecule has 8 heteroatoms. The Morgan fingerprint density at radius 1 is 1.19 bits per heavy atom. The van der Waals surface area contributed by atoms with Crippen LogP contribution in [0.15, 0.2) is 17.7 Å². The van der Waals surface area contributed by atoms with Crippen molar-refractivity contribution in [3.05, 3.63) is 22.6 Å². The first-order valence-electron chi connectivity index (χ1n) is 10.9. The van der Waals surface area contributed by atoms with E-state index >= 15 is 0 Å². The predicted octanol–water partition coefficient (Wildman–Crippen LogP) is 4.88. The van der Waals surface area contributed by atoms with E-state index in [0.29, 0.717) is 13.0 Å². The number of nitrogens with one attached hydrogen (secondary N) is 1. The van der Waals surface area contributed by atoms with Crippen LogP contribution in [0.25, 0.3) is 6.08 Å². The van der Waals surface area contributed by atoms with E-state index in [-0.39, 0.29) is 12.2 Å². The molecule has 2 rings (SSSR count). The second-order valence-corrected chi connectivity index (χ2v) is 9.61. The maximum absolute atomic E-state index is 12.2. The molecule has 0 aromatic carbocycles. The number of hydrogen-bond donors (Lipinski definition) is 1. The van der Waals surface area contributed by atoms with Crippen LogP contribution >= 0.6 is 11.3 Å². The molecule has 0 spiro atoms. The molecule has 1 N–H and O–H groups in total. The van der Waals surface area contributed by atoms with E-state index in [1.54, 1.807) is 17.4 Å². The minimum Gasteiger partial charge on any atom is -0.462 e. The number of amides is 1. The van der Waals surface area contributed by atoms with Crippen LogP contribution < -0.4 is 10.2 Å². The molecule has 0 atom stereocenters. The predicted molar refractivity (Wildman–Crippen MR) is 123 cm³/mol. The van der Waals surface area contributed by atoms with E-state index < -0.39 is 17.7 Å². The number of carbonyl (C=O) groups excluding carboxylic acids is 2. The number of anilines is 1. The van der Waals surface area contributed by atoms with Crippen molar-refractivity contribution in [2.75, 3.05) is 31.1 Å². The van der Waals surface area contributed by atoms with Crippen molar-refractivity contribution in [3.8, 4) is 6.07 Å². The van der Waals surface area contributed by atoms with Crippen molar-refractivity contribution >= 4 is 34.5 Å². The third-order valence-corrected chi connectivity index (χ3v) is 5.72. The SMILES string of the molecule is CC(C)(C)OC(=O)NCCCCCOC(=O)/C(C#N)=C/c1ccc(N2CCCCC2)s1. The Kier molecular flexibility index (Phi) is 9.86. The summed E-state index contributed by atoms with van der Waals surface area (Å²) in [7, 11) is 0. The van der Waals surface area contributed by atoms with Crippen LogP contribution in [0, 0.1) is 11.3 Å². The highest BCUT2D eigenvalue weighted by molar-refractivity contribution is 7.17. The van der Waals surface area contributed by atoms with Crippen LogP contribution in [0.2, 0.25) is 0 Å². The van der Waals surface area contributed by atoms with Gasteiger partial charge in [-0.25, -0.2) is 9.59 Å². The van der Waals surface area contributed by atoms with Crippen molar-refractivity contribution in [3.63, 3.8) is 0 Å². The molecule has 1 saturated heterocycles. The lowest BCUT2D eigenvalue weighted by Crippen LogP contribution is -2.33. The Morgan fingerprint density at radius 2 is 1.94 bits per heavy atom. The summed E-state index contributed by atoms with van der Waals surface area (Å²) in [6.07, 6.45) is 7.07. The van der Waals surface area contributed by atoms with Gasteiger partial charge in [0.1, 0.15) is 17.2 Å². The first kappa shape index (κ1) is 24.7. The number of esters is 1. The highest BCUT2D eigenvalue weighted by Crippen LogP contribution is 2.29. The summed E-state index contributed by atoms with van der Waals surface area (Å²) in [5.74, 6) is -0.595. The molecule has 170 valence electrons. The first-order valence-corrected chi connectivity index (χ1v) is 11.7. The zero-order valence-electron chi connectivity index (χ0n) is 18.7. The first-order chi connectivity index (χ1) is 14.8. The van der Waals surface area contributed by atoms with Gasteiger partial charge in [0.15, 0.2) is 0 Å². The minimum absolute atomic E-state index is 0.0126. The Morgan fingerprint density at radius 3 is 2.61 bits per heavy atom. The number of ether oxygens (including phenoxy) is 2. The normalized spacial score (nSPS) is 14.6. The van der Waals surface area contributed by atoms with Gasteiger partial charge in [-0.2, -0.15) is 5.26 Å². The molecule has 1 amide bonds. The molecule has 0 saturated carbocycles. The Balaban J connectivity index is 1.68. The average Bonchev–Trinajstić information content (AvgIpc) is 3.19. The molecule has 2 heterocycles. The molecule has 0 bridgehead atoms. The monoisotopic (exact) mass is 447 g/mol. The maximum Gasteiger partial charge on any atom is 0.407 e. The zero-order chi connectivity index (χ0) is 22.7. The van der Waals surface area contributed by atoms with Crippen molar-refractivity contribution in [1.82, 2.24) is 5.32 Å². The van der Waals surface area contributed by atoms with Crippen LogP contribution in [0.4, 0.5) is 9.80 Å². The van der Waals surface area contributed by atoms with Gasteiger partial charge in [0.25, 0.3) is 0 Å². The van der Waals surface area contributed by atoms with Crippen LogP contribution in [0.5, 0.6) is 0 Å². The quantitative estimate of drug-likeness (QED) is 0.251. The van der Waals surface area contributed by atoms with Crippen molar-refractivity contribution in [2.45, 2.75) is 64.9 Å². The van der Waals surface area contributed by atoms with Gasteiger partial charge >= 0.3 is 12.1 Å². The summed E-state index contributed by atoms with van der Waals surface area (Å²) < 4.78 is 10.4. The Bertz CT molecular complexity index is 798. The van der Waals surface area contributed by atoms with E-state index in [0.717, 1.165) is 30.8 Å². The zero-order valence-corrected chi connectivity index (χ0v) is 19.6. The van der Waals surface area contributed by atoms with Gasteiger partial charge in [0, 0.05) is 24.5 Å². The number of rotatable bonds is 9. The van der Waals surface area contributed by atoms with E-state index in [4.69, 9.17) is 9.47 Å². The van der Waals surface area contributed by atoms with Gasteiger partial charge in [0.2, 0.25) is 0 Å². The third-order valence-electron chi connectivity index (χ3n) is 4.63. The van der Waals surface area contributed by atoms with Gasteiger partial charge < -0.3 is 19.7 Å². The number of hydrogen-bond acceptors (Lipinski definition) is 7. The second kappa shape index (κ2) is 12.4. The number of nitriles is 1. The van der Waals surface area contributed by atoms with Gasteiger partial charge in [-0.05, 0) is 77.5 Å². The Hall–Kier alpha value is -2.53.